The Kier molecular flexibility index (Phi) is 3.15. The lowest BCUT2D eigenvalue weighted by atomic mass is 10.1. The molecule has 0 bridgehead atoms. The van der Waals surface area contributed by atoms with Crippen LogP contribution in [0.3, 0.4) is 0 Å². The molecule has 1 aromatic carbocycles. The first kappa shape index (κ1) is 11.7. The van der Waals surface area contributed by atoms with E-state index < -0.39 is 11.2 Å². The molecule has 88 valence electrons. The van der Waals surface area contributed by atoms with Crippen molar-refractivity contribution < 1.29 is 0 Å². The summed E-state index contributed by atoms with van der Waals surface area (Å²) >= 11 is 5.88. The van der Waals surface area contributed by atoms with Crippen LogP contribution in [0.15, 0.2) is 39.9 Å². The Bertz CT molecular complexity index is 658. The van der Waals surface area contributed by atoms with Crippen LogP contribution in [-0.2, 0) is 6.54 Å². The lowest BCUT2D eigenvalue weighted by molar-refractivity contribution is 0.718. The van der Waals surface area contributed by atoms with Crippen LogP contribution in [0.5, 0.6) is 0 Å². The third-order valence-corrected chi connectivity index (χ3v) is 2.89. The van der Waals surface area contributed by atoms with E-state index in [9.17, 15) is 9.59 Å². The minimum atomic E-state index is -0.495. The Labute approximate surface area is 102 Å². The maximum absolute atomic E-state index is 11.6. The van der Waals surface area contributed by atoms with Gasteiger partial charge in [-0.1, -0.05) is 35.9 Å². The number of aryl methyl sites for hydroxylation is 1. The zero-order valence-corrected chi connectivity index (χ0v) is 9.99. The van der Waals surface area contributed by atoms with E-state index in [1.54, 1.807) is 0 Å². The molecule has 17 heavy (non-hydrogen) atoms. The highest BCUT2D eigenvalue weighted by Crippen LogP contribution is 2.10. The van der Waals surface area contributed by atoms with Gasteiger partial charge in [-0.2, -0.15) is 0 Å². The molecule has 0 fully saturated rings. The Morgan fingerprint density at radius 2 is 2.00 bits per heavy atom. The molecule has 5 heteroatoms. The van der Waals surface area contributed by atoms with Gasteiger partial charge < -0.3 is 0 Å². The SMILES string of the molecule is Cc1ccccc1Cn1c(Cl)cc(=O)[nH]c1=O. The van der Waals surface area contributed by atoms with Crippen LogP contribution in [0.1, 0.15) is 11.1 Å². The largest absolute Gasteiger partial charge is 0.329 e. The summed E-state index contributed by atoms with van der Waals surface area (Å²) in [6.07, 6.45) is 0. The number of aromatic amines is 1. The molecule has 0 aliphatic carbocycles. The summed E-state index contributed by atoms with van der Waals surface area (Å²) in [5.74, 6) is 0. The molecule has 4 nitrogen and oxygen atoms in total. The fourth-order valence-corrected chi connectivity index (χ4v) is 1.83. The van der Waals surface area contributed by atoms with Crippen molar-refractivity contribution in [1.82, 2.24) is 9.55 Å². The van der Waals surface area contributed by atoms with Gasteiger partial charge in [0.2, 0.25) is 0 Å². The molecule has 0 aliphatic rings. The first-order chi connectivity index (χ1) is 8.08. The summed E-state index contributed by atoms with van der Waals surface area (Å²) in [4.78, 5) is 24.8. The van der Waals surface area contributed by atoms with Crippen LogP contribution in [0.4, 0.5) is 0 Å². The summed E-state index contributed by atoms with van der Waals surface area (Å²) in [5.41, 5.74) is 1.08. The lowest BCUT2D eigenvalue weighted by Gasteiger charge is -2.09. The Balaban J connectivity index is 2.48. The molecule has 0 amide bonds. The summed E-state index contributed by atoms with van der Waals surface area (Å²) in [6, 6.07) is 8.90. The molecule has 1 heterocycles. The third kappa shape index (κ3) is 2.47. The molecule has 0 aliphatic heterocycles. The van der Waals surface area contributed by atoms with Gasteiger partial charge in [0.15, 0.2) is 0 Å². The van der Waals surface area contributed by atoms with Crippen molar-refractivity contribution in [2.45, 2.75) is 13.5 Å². The van der Waals surface area contributed by atoms with Crippen LogP contribution in [0.25, 0.3) is 0 Å². The number of nitrogens with one attached hydrogen (secondary N) is 1. The topological polar surface area (TPSA) is 54.9 Å². The van der Waals surface area contributed by atoms with Gasteiger partial charge >= 0.3 is 5.69 Å². The van der Waals surface area contributed by atoms with E-state index in [1.807, 2.05) is 31.2 Å². The highest BCUT2D eigenvalue weighted by atomic mass is 35.5. The predicted octanol–water partition coefficient (Wildman–Crippen LogP) is 1.55. The number of rotatable bonds is 2. The fourth-order valence-electron chi connectivity index (χ4n) is 1.60. The van der Waals surface area contributed by atoms with Gasteiger partial charge in [0, 0.05) is 6.07 Å². The van der Waals surface area contributed by atoms with Crippen molar-refractivity contribution in [3.8, 4) is 0 Å². The normalized spacial score (nSPS) is 10.5. The van der Waals surface area contributed by atoms with E-state index in [2.05, 4.69) is 4.98 Å². The van der Waals surface area contributed by atoms with Crippen molar-refractivity contribution in [3.63, 3.8) is 0 Å². The molecule has 1 aromatic heterocycles. The lowest BCUT2D eigenvalue weighted by Crippen LogP contribution is -2.30. The number of benzene rings is 1. The van der Waals surface area contributed by atoms with Crippen molar-refractivity contribution in [2.24, 2.45) is 0 Å². The van der Waals surface area contributed by atoms with Gasteiger partial charge in [0.05, 0.1) is 6.54 Å². The molecule has 2 rings (SSSR count). The van der Waals surface area contributed by atoms with Gasteiger partial charge in [-0.05, 0) is 18.1 Å². The highest BCUT2D eigenvalue weighted by Gasteiger charge is 2.05. The minimum Gasteiger partial charge on any atom is -0.279 e. The van der Waals surface area contributed by atoms with E-state index in [4.69, 9.17) is 11.6 Å². The highest BCUT2D eigenvalue weighted by molar-refractivity contribution is 6.29. The monoisotopic (exact) mass is 250 g/mol. The number of hydrogen-bond donors (Lipinski definition) is 1. The molecule has 0 saturated heterocycles. The Morgan fingerprint density at radius 3 is 2.65 bits per heavy atom. The quantitative estimate of drug-likeness (QED) is 0.822. The average Bonchev–Trinajstić information content (AvgIpc) is 2.25. The van der Waals surface area contributed by atoms with Crippen molar-refractivity contribution in [3.05, 3.63) is 67.4 Å². The first-order valence-corrected chi connectivity index (χ1v) is 5.50. The summed E-state index contributed by atoms with van der Waals surface area (Å²) in [6.45, 7) is 2.31. The van der Waals surface area contributed by atoms with Gasteiger partial charge in [-0.15, -0.1) is 0 Å². The maximum atomic E-state index is 11.6. The Hall–Kier alpha value is -1.81. The van der Waals surface area contributed by atoms with Gasteiger partial charge in [-0.25, -0.2) is 4.79 Å². The van der Waals surface area contributed by atoms with Crippen LogP contribution in [0, 0.1) is 6.92 Å². The zero-order chi connectivity index (χ0) is 12.4. The van der Waals surface area contributed by atoms with Gasteiger partial charge in [-0.3, -0.25) is 14.3 Å². The van der Waals surface area contributed by atoms with Crippen LogP contribution < -0.4 is 11.2 Å². The molecule has 2 aromatic rings. The second-order valence-electron chi connectivity index (χ2n) is 3.77. The smallest absolute Gasteiger partial charge is 0.279 e. The molecule has 1 N–H and O–H groups in total. The maximum Gasteiger partial charge on any atom is 0.329 e. The first-order valence-electron chi connectivity index (χ1n) is 5.12. The van der Waals surface area contributed by atoms with Crippen molar-refractivity contribution in [2.75, 3.05) is 0 Å². The summed E-state index contributed by atoms with van der Waals surface area (Å²) in [7, 11) is 0. The fraction of sp³-hybridized carbons (Fsp3) is 0.167. The van der Waals surface area contributed by atoms with Crippen LogP contribution >= 0.6 is 11.6 Å². The molecule has 0 spiro atoms. The molecular formula is C12H11ClN2O2. The second kappa shape index (κ2) is 4.59. The van der Waals surface area contributed by atoms with E-state index in [0.717, 1.165) is 11.1 Å². The van der Waals surface area contributed by atoms with Crippen LogP contribution in [-0.4, -0.2) is 9.55 Å². The summed E-state index contributed by atoms with van der Waals surface area (Å²) in [5, 5.41) is 0.141. The number of aromatic nitrogens is 2. The average molecular weight is 251 g/mol. The molecule has 0 unspecified atom stereocenters. The number of hydrogen-bond acceptors (Lipinski definition) is 2. The molecule has 0 atom stereocenters. The van der Waals surface area contributed by atoms with E-state index in [0.29, 0.717) is 6.54 Å². The molecular weight excluding hydrogens is 240 g/mol. The molecule has 0 saturated carbocycles. The zero-order valence-electron chi connectivity index (χ0n) is 9.24. The van der Waals surface area contributed by atoms with Gasteiger partial charge in [0.1, 0.15) is 5.15 Å². The minimum absolute atomic E-state index is 0.141. The number of nitrogens with zero attached hydrogens (tertiary/aromatic N) is 1. The van der Waals surface area contributed by atoms with Crippen molar-refractivity contribution >= 4 is 11.6 Å². The Morgan fingerprint density at radius 1 is 1.29 bits per heavy atom. The number of H-pyrrole nitrogens is 1. The third-order valence-electron chi connectivity index (χ3n) is 2.57. The van der Waals surface area contributed by atoms with E-state index >= 15 is 0 Å². The van der Waals surface area contributed by atoms with Crippen molar-refractivity contribution in [1.29, 1.82) is 0 Å². The molecule has 0 radical (unpaired) electrons. The second-order valence-corrected chi connectivity index (χ2v) is 4.16. The van der Waals surface area contributed by atoms with E-state index in [1.165, 1.54) is 10.6 Å². The predicted molar refractivity (Wildman–Crippen MR) is 66.6 cm³/mol. The van der Waals surface area contributed by atoms with Crippen LogP contribution in [0.2, 0.25) is 5.15 Å². The summed E-state index contributed by atoms with van der Waals surface area (Å²) < 4.78 is 1.32. The van der Waals surface area contributed by atoms with Gasteiger partial charge in [0.25, 0.3) is 5.56 Å². The standard InChI is InChI=1S/C12H11ClN2O2/c1-8-4-2-3-5-9(8)7-15-10(13)6-11(16)14-12(15)17/h2-6H,7H2,1H3,(H,14,16,17). The number of halogens is 1. The van der Waals surface area contributed by atoms with E-state index in [-0.39, 0.29) is 5.15 Å².